The number of halogens is 2. The molecule has 1 N–H and O–H groups in total. The molecule has 1 atom stereocenters. The number of aliphatic hydroxyl groups excluding tert-OH is 1. The molecule has 0 aliphatic carbocycles. The highest BCUT2D eigenvalue weighted by molar-refractivity contribution is 6.31. The van der Waals surface area contributed by atoms with Gasteiger partial charge in [-0.25, -0.2) is 4.39 Å². The van der Waals surface area contributed by atoms with Crippen LogP contribution in [0.4, 0.5) is 4.39 Å². The molecule has 0 amide bonds. The van der Waals surface area contributed by atoms with E-state index in [2.05, 4.69) is 4.90 Å². The van der Waals surface area contributed by atoms with Gasteiger partial charge in [-0.05, 0) is 31.0 Å². The molecule has 100 valence electrons. The molecule has 1 aromatic rings. The van der Waals surface area contributed by atoms with Crippen LogP contribution >= 0.6 is 11.6 Å². The number of hydrogen-bond acceptors (Lipinski definition) is 2. The average Bonchev–Trinajstić information content (AvgIpc) is 2.60. The van der Waals surface area contributed by atoms with Gasteiger partial charge in [0.25, 0.3) is 0 Å². The molecule has 1 fully saturated rings. The minimum absolute atomic E-state index is 0.160. The van der Waals surface area contributed by atoms with Crippen LogP contribution in [0.15, 0.2) is 18.2 Å². The second-order valence-electron chi connectivity index (χ2n) is 4.87. The van der Waals surface area contributed by atoms with Crippen LogP contribution in [-0.4, -0.2) is 29.2 Å². The van der Waals surface area contributed by atoms with Crippen molar-refractivity contribution in [1.82, 2.24) is 4.90 Å². The quantitative estimate of drug-likeness (QED) is 0.912. The maximum Gasteiger partial charge on any atom is 0.142 e. The first-order chi connectivity index (χ1) is 8.72. The third-order valence-corrected chi connectivity index (χ3v) is 4.04. The molecule has 0 radical (unpaired) electrons. The van der Waals surface area contributed by atoms with Crippen LogP contribution in [0.1, 0.15) is 31.2 Å². The summed E-state index contributed by atoms with van der Waals surface area (Å²) in [5.74, 6) is -0.371. The monoisotopic (exact) mass is 271 g/mol. The molecule has 4 heteroatoms. The first-order valence-corrected chi connectivity index (χ1v) is 6.88. The number of aliphatic hydroxyl groups is 1. The Morgan fingerprint density at radius 3 is 2.94 bits per heavy atom. The van der Waals surface area contributed by atoms with E-state index in [1.165, 1.54) is 12.5 Å². The Balaban J connectivity index is 2.12. The van der Waals surface area contributed by atoms with Crippen LogP contribution in [0.2, 0.25) is 5.02 Å². The van der Waals surface area contributed by atoms with E-state index in [0.717, 1.165) is 31.4 Å². The summed E-state index contributed by atoms with van der Waals surface area (Å²) in [5.41, 5.74) is 0.803. The summed E-state index contributed by atoms with van der Waals surface area (Å²) >= 11 is 5.98. The Morgan fingerprint density at radius 1 is 1.33 bits per heavy atom. The van der Waals surface area contributed by atoms with Crippen LogP contribution in [0.5, 0.6) is 0 Å². The van der Waals surface area contributed by atoms with Crippen molar-refractivity contribution in [2.75, 3.05) is 13.2 Å². The minimum atomic E-state index is -0.371. The van der Waals surface area contributed by atoms with E-state index in [1.54, 1.807) is 6.07 Å². The van der Waals surface area contributed by atoms with Gasteiger partial charge in [0, 0.05) is 12.6 Å². The molecule has 0 saturated carbocycles. The van der Waals surface area contributed by atoms with Gasteiger partial charge >= 0.3 is 0 Å². The Morgan fingerprint density at radius 2 is 2.17 bits per heavy atom. The van der Waals surface area contributed by atoms with Gasteiger partial charge in [0.15, 0.2) is 0 Å². The van der Waals surface area contributed by atoms with Crippen LogP contribution in [0.3, 0.4) is 0 Å². The molecule has 1 aliphatic heterocycles. The van der Waals surface area contributed by atoms with E-state index >= 15 is 0 Å². The molecule has 18 heavy (non-hydrogen) atoms. The van der Waals surface area contributed by atoms with Gasteiger partial charge in [-0.15, -0.1) is 0 Å². The van der Waals surface area contributed by atoms with Crippen LogP contribution in [-0.2, 0) is 6.54 Å². The van der Waals surface area contributed by atoms with E-state index in [0.29, 0.717) is 6.54 Å². The highest BCUT2D eigenvalue weighted by atomic mass is 35.5. The molecule has 1 saturated heterocycles. The van der Waals surface area contributed by atoms with Crippen molar-refractivity contribution in [3.05, 3.63) is 34.6 Å². The van der Waals surface area contributed by atoms with Gasteiger partial charge in [-0.2, -0.15) is 0 Å². The first-order valence-electron chi connectivity index (χ1n) is 6.50. The Hall–Kier alpha value is -0.640. The van der Waals surface area contributed by atoms with Crippen molar-refractivity contribution in [2.24, 2.45) is 0 Å². The zero-order valence-electron chi connectivity index (χ0n) is 10.4. The predicted molar refractivity (Wildman–Crippen MR) is 71.2 cm³/mol. The summed E-state index contributed by atoms with van der Waals surface area (Å²) in [4.78, 5) is 2.22. The Kier molecular flexibility index (Phi) is 4.98. The van der Waals surface area contributed by atoms with Gasteiger partial charge in [0.2, 0.25) is 0 Å². The zero-order chi connectivity index (χ0) is 13.0. The number of nitrogens with zero attached hydrogens (tertiary/aromatic N) is 1. The lowest BCUT2D eigenvalue weighted by Gasteiger charge is -2.28. The molecule has 2 nitrogen and oxygen atoms in total. The normalized spacial score (nSPS) is 21.8. The topological polar surface area (TPSA) is 23.5 Å². The Labute approximate surface area is 112 Å². The van der Waals surface area contributed by atoms with E-state index in [1.807, 2.05) is 6.07 Å². The molecule has 0 aromatic heterocycles. The molecular weight excluding hydrogens is 253 g/mol. The van der Waals surface area contributed by atoms with Gasteiger partial charge < -0.3 is 5.11 Å². The van der Waals surface area contributed by atoms with Crippen molar-refractivity contribution in [1.29, 1.82) is 0 Å². The average molecular weight is 272 g/mol. The molecular formula is C14H19ClFNO. The summed E-state index contributed by atoms with van der Waals surface area (Å²) in [6, 6.07) is 5.08. The molecule has 1 aromatic carbocycles. The summed E-state index contributed by atoms with van der Waals surface area (Å²) in [5, 5.41) is 9.65. The first kappa shape index (κ1) is 13.8. The molecule has 1 unspecified atom stereocenters. The zero-order valence-corrected chi connectivity index (χ0v) is 11.2. The summed E-state index contributed by atoms with van der Waals surface area (Å²) < 4.78 is 13.4. The maximum atomic E-state index is 13.4. The molecule has 2 rings (SSSR count). The highest BCUT2D eigenvalue weighted by Crippen LogP contribution is 2.24. The SMILES string of the molecule is OCC1CCCCCN1Cc1cccc(F)c1Cl. The summed E-state index contributed by atoms with van der Waals surface area (Å²) in [7, 11) is 0. The van der Waals surface area contributed by atoms with Crippen LogP contribution < -0.4 is 0 Å². The smallest absolute Gasteiger partial charge is 0.142 e. The molecule has 0 bridgehead atoms. The van der Waals surface area contributed by atoms with Crippen LogP contribution in [0.25, 0.3) is 0 Å². The maximum absolute atomic E-state index is 13.4. The number of likely N-dealkylation sites (tertiary alicyclic amines) is 1. The van der Waals surface area contributed by atoms with Crippen molar-refractivity contribution in [3.63, 3.8) is 0 Å². The molecule has 1 aliphatic rings. The third kappa shape index (κ3) is 3.22. The minimum Gasteiger partial charge on any atom is -0.395 e. The number of hydrogen-bond donors (Lipinski definition) is 1. The number of benzene rings is 1. The van der Waals surface area contributed by atoms with Gasteiger partial charge in [-0.3, -0.25) is 4.90 Å². The van der Waals surface area contributed by atoms with Crippen molar-refractivity contribution < 1.29 is 9.50 Å². The summed E-state index contributed by atoms with van der Waals surface area (Å²) in [6.07, 6.45) is 4.48. The van der Waals surface area contributed by atoms with Crippen molar-refractivity contribution in [3.8, 4) is 0 Å². The second kappa shape index (κ2) is 6.50. The third-order valence-electron chi connectivity index (χ3n) is 3.61. The van der Waals surface area contributed by atoms with Crippen LogP contribution in [0, 0.1) is 5.82 Å². The Bertz CT molecular complexity index is 399. The second-order valence-corrected chi connectivity index (χ2v) is 5.25. The van der Waals surface area contributed by atoms with E-state index in [9.17, 15) is 9.50 Å². The largest absolute Gasteiger partial charge is 0.395 e. The van der Waals surface area contributed by atoms with Gasteiger partial charge in [0.05, 0.1) is 11.6 Å². The molecule has 1 heterocycles. The number of rotatable bonds is 3. The predicted octanol–water partition coefficient (Wildman–Crippen LogP) is 3.22. The van der Waals surface area contributed by atoms with Crippen molar-refractivity contribution in [2.45, 2.75) is 38.3 Å². The van der Waals surface area contributed by atoms with E-state index in [-0.39, 0.29) is 23.5 Å². The van der Waals surface area contributed by atoms with Crippen molar-refractivity contribution >= 4 is 11.6 Å². The lowest BCUT2D eigenvalue weighted by atomic mass is 10.1. The standard InChI is InChI=1S/C14H19ClFNO/c15-14-11(5-4-7-13(14)16)9-17-8-3-1-2-6-12(17)10-18/h4-5,7,12,18H,1-3,6,8-10H2. The fourth-order valence-corrected chi connectivity index (χ4v) is 2.73. The highest BCUT2D eigenvalue weighted by Gasteiger charge is 2.21. The lowest BCUT2D eigenvalue weighted by molar-refractivity contribution is 0.118. The van der Waals surface area contributed by atoms with E-state index in [4.69, 9.17) is 11.6 Å². The fourth-order valence-electron chi connectivity index (χ4n) is 2.54. The van der Waals surface area contributed by atoms with Gasteiger partial charge in [0.1, 0.15) is 5.82 Å². The lowest BCUT2D eigenvalue weighted by Crippen LogP contribution is -2.37. The molecule has 0 spiro atoms. The fraction of sp³-hybridized carbons (Fsp3) is 0.571. The van der Waals surface area contributed by atoms with E-state index < -0.39 is 0 Å². The van der Waals surface area contributed by atoms with Gasteiger partial charge in [-0.1, -0.05) is 36.6 Å². The summed E-state index contributed by atoms with van der Waals surface area (Å²) in [6.45, 7) is 1.72.